The van der Waals surface area contributed by atoms with Crippen LogP contribution in [-0.4, -0.2) is 20.5 Å². The minimum atomic E-state index is -3.95. The molecule has 0 spiro atoms. The number of hydrogen-bond donors (Lipinski definition) is 1. The molecule has 1 atom stereocenters. The first-order valence-corrected chi connectivity index (χ1v) is 9.78. The molecule has 26 heavy (non-hydrogen) atoms. The molecule has 7 nitrogen and oxygen atoms in total. The van der Waals surface area contributed by atoms with Gasteiger partial charge in [0, 0.05) is 17.1 Å². The Morgan fingerprint density at radius 3 is 2.42 bits per heavy atom. The normalized spacial score (nSPS) is 15.5. The van der Waals surface area contributed by atoms with Crippen LogP contribution in [-0.2, 0) is 10.0 Å². The van der Waals surface area contributed by atoms with Crippen LogP contribution in [0.5, 0.6) is 5.75 Å². The summed E-state index contributed by atoms with van der Waals surface area (Å²) in [5.74, 6) is 0.199. The van der Waals surface area contributed by atoms with Crippen molar-refractivity contribution in [1.82, 2.24) is 4.72 Å². The standard InChI is InChI=1S/C17H17ClN2O5S/c1-25-16-9-8-14(10-15(16)20(21)22)26(23,24)19-17(11-2-3-11)12-4-6-13(18)7-5-12/h4-11,17,19H,2-3H2,1H3/t17-/m1/s1. The Bertz CT molecular complexity index is 927. The van der Waals surface area contributed by atoms with Gasteiger partial charge in [-0.25, -0.2) is 13.1 Å². The summed E-state index contributed by atoms with van der Waals surface area (Å²) in [5, 5.41) is 11.7. The molecular weight excluding hydrogens is 380 g/mol. The van der Waals surface area contributed by atoms with E-state index in [9.17, 15) is 18.5 Å². The second kappa shape index (κ2) is 7.22. The fourth-order valence-corrected chi connectivity index (χ4v) is 4.19. The Kier molecular flexibility index (Phi) is 5.17. The monoisotopic (exact) mass is 396 g/mol. The molecular formula is C17H17ClN2O5S. The molecule has 0 aliphatic heterocycles. The summed E-state index contributed by atoms with van der Waals surface area (Å²) >= 11 is 5.90. The molecule has 0 saturated heterocycles. The maximum absolute atomic E-state index is 12.8. The van der Waals surface area contributed by atoms with Crippen LogP contribution in [0, 0.1) is 16.0 Å². The van der Waals surface area contributed by atoms with Gasteiger partial charge in [-0.05, 0) is 48.6 Å². The Morgan fingerprint density at radius 1 is 1.23 bits per heavy atom. The number of hydrogen-bond acceptors (Lipinski definition) is 5. The van der Waals surface area contributed by atoms with Gasteiger partial charge in [-0.2, -0.15) is 0 Å². The molecule has 0 radical (unpaired) electrons. The van der Waals surface area contributed by atoms with Crippen LogP contribution in [0.1, 0.15) is 24.4 Å². The third-order valence-corrected chi connectivity index (χ3v) is 5.95. The summed E-state index contributed by atoms with van der Waals surface area (Å²) in [7, 11) is -2.66. The first kappa shape index (κ1) is 18.6. The van der Waals surface area contributed by atoms with Gasteiger partial charge in [0.2, 0.25) is 10.0 Å². The first-order valence-electron chi connectivity index (χ1n) is 7.92. The van der Waals surface area contributed by atoms with Crippen molar-refractivity contribution < 1.29 is 18.1 Å². The van der Waals surface area contributed by atoms with Gasteiger partial charge in [0.25, 0.3) is 0 Å². The number of methoxy groups -OCH3 is 1. The Hall–Kier alpha value is -2.16. The molecule has 0 bridgehead atoms. The molecule has 138 valence electrons. The quantitative estimate of drug-likeness (QED) is 0.568. The van der Waals surface area contributed by atoms with E-state index < -0.39 is 26.7 Å². The Balaban J connectivity index is 1.93. The van der Waals surface area contributed by atoms with Crippen molar-refractivity contribution in [2.75, 3.05) is 7.11 Å². The molecule has 1 aliphatic carbocycles. The van der Waals surface area contributed by atoms with Gasteiger partial charge in [-0.15, -0.1) is 0 Å². The predicted octanol–water partition coefficient (Wildman–Crippen LogP) is 3.69. The summed E-state index contributed by atoms with van der Waals surface area (Å²) in [6, 6.07) is 10.2. The largest absolute Gasteiger partial charge is 0.490 e. The van der Waals surface area contributed by atoms with Crippen molar-refractivity contribution >= 4 is 27.3 Å². The molecule has 3 rings (SSSR count). The minimum Gasteiger partial charge on any atom is -0.490 e. The zero-order valence-electron chi connectivity index (χ0n) is 13.9. The molecule has 1 fully saturated rings. The average Bonchev–Trinajstić information content (AvgIpc) is 3.45. The van der Waals surface area contributed by atoms with E-state index >= 15 is 0 Å². The van der Waals surface area contributed by atoms with Crippen molar-refractivity contribution in [3.05, 3.63) is 63.2 Å². The van der Waals surface area contributed by atoms with Crippen LogP contribution in [0.25, 0.3) is 0 Å². The fourth-order valence-electron chi connectivity index (χ4n) is 2.75. The fraction of sp³-hybridized carbons (Fsp3) is 0.294. The van der Waals surface area contributed by atoms with E-state index in [2.05, 4.69) is 4.72 Å². The highest BCUT2D eigenvalue weighted by atomic mass is 35.5. The SMILES string of the molecule is COc1ccc(S(=O)(=O)N[C@@H](c2ccc(Cl)cc2)C2CC2)cc1[N+](=O)[O-]. The van der Waals surface area contributed by atoms with Gasteiger partial charge in [0.1, 0.15) is 0 Å². The topological polar surface area (TPSA) is 98.5 Å². The molecule has 0 amide bonds. The van der Waals surface area contributed by atoms with Crippen LogP contribution in [0.2, 0.25) is 5.02 Å². The number of nitro groups is 1. The number of benzene rings is 2. The van der Waals surface area contributed by atoms with E-state index in [1.54, 1.807) is 24.3 Å². The van der Waals surface area contributed by atoms with E-state index in [1.807, 2.05) is 0 Å². The number of ether oxygens (including phenoxy) is 1. The lowest BCUT2D eigenvalue weighted by molar-refractivity contribution is -0.386. The first-order chi connectivity index (χ1) is 12.3. The molecule has 2 aromatic carbocycles. The summed E-state index contributed by atoms with van der Waals surface area (Å²) in [6.45, 7) is 0. The molecule has 0 heterocycles. The second-order valence-corrected chi connectivity index (χ2v) is 8.23. The zero-order valence-corrected chi connectivity index (χ0v) is 15.5. The van der Waals surface area contributed by atoms with Gasteiger partial charge in [0.05, 0.1) is 16.9 Å². The minimum absolute atomic E-state index is 0.00499. The van der Waals surface area contributed by atoms with Gasteiger partial charge >= 0.3 is 5.69 Å². The smallest absolute Gasteiger partial charge is 0.312 e. The highest BCUT2D eigenvalue weighted by Gasteiger charge is 2.36. The molecule has 1 N–H and O–H groups in total. The van der Waals surface area contributed by atoms with Crippen LogP contribution in [0.3, 0.4) is 0 Å². The third-order valence-electron chi connectivity index (χ3n) is 4.26. The summed E-state index contributed by atoms with van der Waals surface area (Å²) in [6.07, 6.45) is 1.83. The highest BCUT2D eigenvalue weighted by Crippen LogP contribution is 2.42. The van der Waals surface area contributed by atoms with E-state index in [-0.39, 0.29) is 16.6 Å². The summed E-state index contributed by atoms with van der Waals surface area (Å²) in [5.41, 5.74) is 0.410. The lowest BCUT2D eigenvalue weighted by Crippen LogP contribution is -2.30. The van der Waals surface area contributed by atoms with Gasteiger partial charge in [-0.3, -0.25) is 10.1 Å². The second-order valence-electron chi connectivity index (χ2n) is 6.08. The summed E-state index contributed by atoms with van der Waals surface area (Å²) < 4.78 is 33.2. The lowest BCUT2D eigenvalue weighted by atomic mass is 10.0. The number of nitrogens with zero attached hydrogens (tertiary/aromatic N) is 1. The highest BCUT2D eigenvalue weighted by molar-refractivity contribution is 7.89. The molecule has 0 aromatic heterocycles. The Labute approximate surface area is 156 Å². The van der Waals surface area contributed by atoms with Crippen LogP contribution in [0.4, 0.5) is 5.69 Å². The van der Waals surface area contributed by atoms with Gasteiger partial charge in [0.15, 0.2) is 5.75 Å². The van der Waals surface area contributed by atoms with Crippen molar-refractivity contribution in [3.8, 4) is 5.75 Å². The Morgan fingerprint density at radius 2 is 1.88 bits per heavy atom. The number of rotatable bonds is 7. The average molecular weight is 397 g/mol. The van der Waals surface area contributed by atoms with E-state index in [4.69, 9.17) is 16.3 Å². The maximum Gasteiger partial charge on any atom is 0.312 e. The number of halogens is 1. The molecule has 1 aliphatic rings. The number of nitrogens with one attached hydrogen (secondary N) is 1. The van der Waals surface area contributed by atoms with Gasteiger partial charge < -0.3 is 4.74 Å². The van der Waals surface area contributed by atoms with Crippen LogP contribution in [0.15, 0.2) is 47.4 Å². The lowest BCUT2D eigenvalue weighted by Gasteiger charge is -2.19. The number of nitro benzene ring substituents is 1. The van der Waals surface area contributed by atoms with E-state index in [0.717, 1.165) is 24.5 Å². The van der Waals surface area contributed by atoms with Crippen molar-refractivity contribution in [2.45, 2.75) is 23.8 Å². The van der Waals surface area contributed by atoms with Crippen LogP contribution >= 0.6 is 11.6 Å². The molecule has 2 aromatic rings. The van der Waals surface area contributed by atoms with Crippen molar-refractivity contribution in [2.24, 2.45) is 5.92 Å². The maximum atomic E-state index is 12.8. The third kappa shape index (κ3) is 3.98. The van der Waals surface area contributed by atoms with Crippen molar-refractivity contribution in [1.29, 1.82) is 0 Å². The molecule has 1 saturated carbocycles. The summed E-state index contributed by atoms with van der Waals surface area (Å²) in [4.78, 5) is 10.3. The van der Waals surface area contributed by atoms with Crippen molar-refractivity contribution in [3.63, 3.8) is 0 Å². The molecule has 9 heteroatoms. The van der Waals surface area contributed by atoms with E-state index in [0.29, 0.717) is 5.02 Å². The van der Waals surface area contributed by atoms with E-state index in [1.165, 1.54) is 19.2 Å². The zero-order chi connectivity index (χ0) is 18.9. The molecule has 0 unspecified atom stereocenters. The predicted molar refractivity (Wildman–Crippen MR) is 96.9 cm³/mol. The van der Waals surface area contributed by atoms with Crippen LogP contribution < -0.4 is 9.46 Å². The number of sulfonamides is 1. The van der Waals surface area contributed by atoms with Gasteiger partial charge in [-0.1, -0.05) is 23.7 Å².